The first-order valence-corrected chi connectivity index (χ1v) is 8.77. The van der Waals surface area contributed by atoms with Gasteiger partial charge in [0.05, 0.1) is 0 Å². The molecule has 0 aromatic rings. The number of nitrogens with zero attached hydrogens (tertiary/aromatic N) is 3. The lowest BCUT2D eigenvalue weighted by Gasteiger charge is -2.31. The third-order valence-electron chi connectivity index (χ3n) is 4.56. The number of ether oxygens (including phenoxy) is 1. The van der Waals surface area contributed by atoms with Gasteiger partial charge in [-0.05, 0) is 51.9 Å². The summed E-state index contributed by atoms with van der Waals surface area (Å²) in [7, 11) is 0. The molecule has 2 aliphatic heterocycles. The van der Waals surface area contributed by atoms with Crippen LogP contribution in [0.4, 0.5) is 4.79 Å². The van der Waals surface area contributed by atoms with Crippen molar-refractivity contribution in [3.05, 3.63) is 0 Å². The van der Waals surface area contributed by atoms with Gasteiger partial charge in [-0.25, -0.2) is 4.79 Å². The number of hydrogen-bond acceptors (Lipinski definition) is 3. The molecule has 0 saturated carbocycles. The lowest BCUT2D eigenvalue weighted by atomic mass is 10.00. The van der Waals surface area contributed by atoms with Gasteiger partial charge in [0.15, 0.2) is 5.96 Å². The van der Waals surface area contributed by atoms with E-state index < -0.39 is 5.60 Å². The van der Waals surface area contributed by atoms with Crippen molar-refractivity contribution in [1.29, 1.82) is 0 Å². The Hall–Kier alpha value is -0.730. The molecule has 0 spiro atoms. The van der Waals surface area contributed by atoms with Crippen molar-refractivity contribution < 1.29 is 9.53 Å². The van der Waals surface area contributed by atoms with Crippen molar-refractivity contribution in [3.63, 3.8) is 0 Å². The maximum absolute atomic E-state index is 12.1. The Balaban J connectivity index is 0.00000288. The minimum absolute atomic E-state index is 0. The van der Waals surface area contributed by atoms with Crippen LogP contribution in [-0.2, 0) is 4.74 Å². The van der Waals surface area contributed by atoms with Crippen LogP contribution in [0.1, 0.15) is 47.0 Å². The largest absolute Gasteiger partial charge is 0.444 e. The molecule has 0 radical (unpaired) electrons. The molecule has 2 N–H and O–H groups in total. The van der Waals surface area contributed by atoms with Crippen LogP contribution in [0.15, 0.2) is 4.99 Å². The monoisotopic (exact) mass is 452 g/mol. The molecule has 140 valence electrons. The van der Waals surface area contributed by atoms with E-state index in [2.05, 4.69) is 16.8 Å². The maximum Gasteiger partial charge on any atom is 0.410 e. The third kappa shape index (κ3) is 6.64. The average molecular weight is 452 g/mol. The van der Waals surface area contributed by atoms with Crippen molar-refractivity contribution in [2.45, 2.75) is 52.6 Å². The summed E-state index contributed by atoms with van der Waals surface area (Å²) in [5, 5.41) is 0. The summed E-state index contributed by atoms with van der Waals surface area (Å²) < 4.78 is 5.42. The number of likely N-dealkylation sites (tertiary alicyclic amines) is 2. The maximum atomic E-state index is 12.1. The number of aliphatic imine (C=N–C) groups is 1. The summed E-state index contributed by atoms with van der Waals surface area (Å²) >= 11 is 0. The number of rotatable bonds is 2. The Morgan fingerprint density at radius 1 is 1.17 bits per heavy atom. The molecule has 1 atom stereocenters. The van der Waals surface area contributed by atoms with Crippen LogP contribution < -0.4 is 5.73 Å². The fourth-order valence-electron chi connectivity index (χ4n) is 3.03. The number of amides is 1. The van der Waals surface area contributed by atoms with Gasteiger partial charge < -0.3 is 20.3 Å². The summed E-state index contributed by atoms with van der Waals surface area (Å²) in [6, 6.07) is 0. The van der Waals surface area contributed by atoms with Gasteiger partial charge in [0.2, 0.25) is 0 Å². The van der Waals surface area contributed by atoms with Gasteiger partial charge >= 0.3 is 6.09 Å². The fourth-order valence-corrected chi connectivity index (χ4v) is 3.03. The van der Waals surface area contributed by atoms with E-state index in [1.54, 1.807) is 4.90 Å². The highest BCUT2D eigenvalue weighted by Gasteiger charge is 2.29. The van der Waals surface area contributed by atoms with E-state index in [0.717, 1.165) is 32.0 Å². The second-order valence-electron chi connectivity index (χ2n) is 7.95. The quantitative estimate of drug-likeness (QED) is 0.398. The Kier molecular flexibility index (Phi) is 8.08. The molecule has 2 heterocycles. The third-order valence-corrected chi connectivity index (χ3v) is 4.56. The molecule has 2 fully saturated rings. The van der Waals surface area contributed by atoms with E-state index >= 15 is 0 Å². The first kappa shape index (κ1) is 21.3. The zero-order chi connectivity index (χ0) is 17.0. The molecule has 1 amide bonds. The summed E-state index contributed by atoms with van der Waals surface area (Å²) in [4.78, 5) is 20.6. The minimum atomic E-state index is -0.441. The lowest BCUT2D eigenvalue weighted by molar-refractivity contribution is 0.0289. The van der Waals surface area contributed by atoms with Gasteiger partial charge in [0.25, 0.3) is 0 Å². The first-order valence-electron chi connectivity index (χ1n) is 8.77. The molecule has 0 bridgehead atoms. The van der Waals surface area contributed by atoms with E-state index in [1.165, 1.54) is 12.8 Å². The van der Waals surface area contributed by atoms with E-state index in [0.29, 0.717) is 25.0 Å². The Morgan fingerprint density at radius 2 is 1.75 bits per heavy atom. The van der Waals surface area contributed by atoms with Crippen LogP contribution >= 0.6 is 24.0 Å². The first-order chi connectivity index (χ1) is 10.7. The van der Waals surface area contributed by atoms with Crippen molar-refractivity contribution in [2.24, 2.45) is 22.6 Å². The molecule has 2 saturated heterocycles. The molecule has 0 aromatic carbocycles. The highest BCUT2D eigenvalue weighted by molar-refractivity contribution is 14.0. The van der Waals surface area contributed by atoms with Crippen molar-refractivity contribution in [3.8, 4) is 0 Å². The number of piperidine rings is 1. The zero-order valence-corrected chi connectivity index (χ0v) is 17.8. The van der Waals surface area contributed by atoms with Gasteiger partial charge in [0, 0.05) is 32.7 Å². The zero-order valence-electron chi connectivity index (χ0n) is 15.5. The SMILES string of the molecule is CC1CCN(C(N)=NCC2CCN(C(=O)OC(C)(C)C)C2)CC1.I. The molecule has 7 heteroatoms. The predicted molar refractivity (Wildman–Crippen MR) is 108 cm³/mol. The molecular formula is C17H33IN4O2. The standard InChI is InChI=1S/C17H32N4O2.HI/c1-13-5-8-20(9-6-13)15(18)19-11-14-7-10-21(12-14)16(22)23-17(2,3)4;/h13-14H,5-12H2,1-4H3,(H2,18,19);1H. The molecule has 24 heavy (non-hydrogen) atoms. The van der Waals surface area contributed by atoms with Crippen LogP contribution in [0.25, 0.3) is 0 Å². The number of hydrogen-bond donors (Lipinski definition) is 1. The Morgan fingerprint density at radius 3 is 2.33 bits per heavy atom. The van der Waals surface area contributed by atoms with Crippen molar-refractivity contribution >= 4 is 36.0 Å². The van der Waals surface area contributed by atoms with Gasteiger partial charge in [-0.1, -0.05) is 6.92 Å². The Bertz CT molecular complexity index is 442. The fraction of sp³-hybridized carbons (Fsp3) is 0.882. The molecule has 0 aliphatic carbocycles. The second-order valence-corrected chi connectivity index (χ2v) is 7.95. The minimum Gasteiger partial charge on any atom is -0.444 e. The number of carbonyl (C=O) groups excluding carboxylic acids is 1. The number of nitrogens with two attached hydrogens (primary N) is 1. The number of guanidine groups is 1. The molecule has 0 aromatic heterocycles. The summed E-state index contributed by atoms with van der Waals surface area (Å²) in [5.41, 5.74) is 5.68. The van der Waals surface area contributed by atoms with Crippen LogP contribution in [0.3, 0.4) is 0 Å². The topological polar surface area (TPSA) is 71.2 Å². The molecular weight excluding hydrogens is 419 g/mol. The van der Waals surface area contributed by atoms with Gasteiger partial charge in [-0.3, -0.25) is 4.99 Å². The van der Waals surface area contributed by atoms with Crippen LogP contribution in [0, 0.1) is 11.8 Å². The summed E-state index contributed by atoms with van der Waals surface area (Å²) in [6.45, 7) is 12.1. The number of carbonyl (C=O) groups is 1. The normalized spacial score (nSPS) is 23.2. The van der Waals surface area contributed by atoms with Crippen molar-refractivity contribution in [1.82, 2.24) is 9.80 Å². The predicted octanol–water partition coefficient (Wildman–Crippen LogP) is 2.91. The molecule has 1 unspecified atom stereocenters. The summed E-state index contributed by atoms with van der Waals surface area (Å²) in [5.74, 6) is 1.83. The van der Waals surface area contributed by atoms with E-state index in [4.69, 9.17) is 10.5 Å². The van der Waals surface area contributed by atoms with E-state index in [9.17, 15) is 4.79 Å². The second kappa shape index (κ2) is 9.10. The van der Waals surface area contributed by atoms with Crippen LogP contribution in [0.5, 0.6) is 0 Å². The van der Waals surface area contributed by atoms with E-state index in [-0.39, 0.29) is 30.1 Å². The van der Waals surface area contributed by atoms with Crippen LogP contribution in [-0.4, -0.2) is 60.2 Å². The lowest BCUT2D eigenvalue weighted by Crippen LogP contribution is -2.42. The highest BCUT2D eigenvalue weighted by atomic mass is 127. The highest BCUT2D eigenvalue weighted by Crippen LogP contribution is 2.20. The van der Waals surface area contributed by atoms with E-state index in [1.807, 2.05) is 20.8 Å². The molecule has 6 nitrogen and oxygen atoms in total. The molecule has 2 rings (SSSR count). The van der Waals surface area contributed by atoms with Gasteiger partial charge in [-0.2, -0.15) is 0 Å². The van der Waals surface area contributed by atoms with Gasteiger partial charge in [0.1, 0.15) is 5.60 Å². The van der Waals surface area contributed by atoms with Gasteiger partial charge in [-0.15, -0.1) is 24.0 Å². The van der Waals surface area contributed by atoms with Crippen molar-refractivity contribution in [2.75, 3.05) is 32.7 Å². The number of halogens is 1. The summed E-state index contributed by atoms with van der Waals surface area (Å²) in [6.07, 6.45) is 3.12. The smallest absolute Gasteiger partial charge is 0.410 e. The molecule has 2 aliphatic rings. The Labute approximate surface area is 163 Å². The van der Waals surface area contributed by atoms with Crippen LogP contribution in [0.2, 0.25) is 0 Å². The average Bonchev–Trinajstić information content (AvgIpc) is 2.93.